The first-order chi connectivity index (χ1) is 9.08. The van der Waals surface area contributed by atoms with Crippen LogP contribution >= 0.6 is 0 Å². The summed E-state index contributed by atoms with van der Waals surface area (Å²) in [6, 6.07) is 2.25. The molecule has 0 aliphatic carbocycles. The van der Waals surface area contributed by atoms with Gasteiger partial charge in [-0.3, -0.25) is 0 Å². The van der Waals surface area contributed by atoms with Crippen molar-refractivity contribution in [2.45, 2.75) is 39.1 Å². The normalized spacial score (nSPS) is 12.6. The molecule has 3 N–H and O–H groups in total. The van der Waals surface area contributed by atoms with Crippen molar-refractivity contribution in [1.29, 1.82) is 0 Å². The van der Waals surface area contributed by atoms with E-state index in [1.807, 2.05) is 0 Å². The van der Waals surface area contributed by atoms with Gasteiger partial charge in [0.1, 0.15) is 11.5 Å². The minimum absolute atomic E-state index is 0.0861. The summed E-state index contributed by atoms with van der Waals surface area (Å²) in [6.45, 7) is 5.64. The van der Waals surface area contributed by atoms with Crippen LogP contribution in [0.1, 0.15) is 32.0 Å². The number of aliphatic hydroxyl groups is 1. The van der Waals surface area contributed by atoms with Gasteiger partial charge in [-0.25, -0.2) is 4.98 Å². The molecule has 7 heteroatoms. The highest BCUT2D eigenvalue weighted by molar-refractivity contribution is 5.48. The Hall–Kier alpha value is -1.34. The van der Waals surface area contributed by atoms with Gasteiger partial charge in [0.05, 0.1) is 5.60 Å². The van der Waals surface area contributed by atoms with Gasteiger partial charge in [-0.15, -0.1) is 0 Å². The SMILES string of the molecule is CCN(CC(C)(C)O)c1nc(C(F)(F)F)ccc1CN. The van der Waals surface area contributed by atoms with Crippen molar-refractivity contribution in [1.82, 2.24) is 4.98 Å². The molecule has 1 rings (SSSR count). The van der Waals surface area contributed by atoms with Crippen LogP contribution in [-0.2, 0) is 12.7 Å². The number of likely N-dealkylation sites (N-methyl/N-ethyl adjacent to an activating group) is 1. The molecule has 4 nitrogen and oxygen atoms in total. The molecule has 0 spiro atoms. The fraction of sp³-hybridized carbons (Fsp3) is 0.615. The minimum Gasteiger partial charge on any atom is -0.389 e. The highest BCUT2D eigenvalue weighted by Crippen LogP contribution is 2.30. The number of alkyl halides is 3. The zero-order valence-corrected chi connectivity index (χ0v) is 11.8. The van der Waals surface area contributed by atoms with Gasteiger partial charge in [0.25, 0.3) is 0 Å². The molecule has 20 heavy (non-hydrogen) atoms. The molecule has 1 heterocycles. The number of halogens is 3. The van der Waals surface area contributed by atoms with Crippen molar-refractivity contribution in [2.24, 2.45) is 5.73 Å². The summed E-state index contributed by atoms with van der Waals surface area (Å²) < 4.78 is 38.2. The van der Waals surface area contributed by atoms with Crippen molar-refractivity contribution in [2.75, 3.05) is 18.0 Å². The summed E-state index contributed by atoms with van der Waals surface area (Å²) >= 11 is 0. The van der Waals surface area contributed by atoms with Crippen LogP contribution in [0.3, 0.4) is 0 Å². The van der Waals surface area contributed by atoms with Crippen molar-refractivity contribution in [3.05, 3.63) is 23.4 Å². The van der Waals surface area contributed by atoms with Crippen LogP contribution in [0.5, 0.6) is 0 Å². The third kappa shape index (κ3) is 4.35. The second kappa shape index (κ2) is 5.97. The van der Waals surface area contributed by atoms with E-state index in [1.165, 1.54) is 6.07 Å². The van der Waals surface area contributed by atoms with Crippen molar-refractivity contribution < 1.29 is 18.3 Å². The van der Waals surface area contributed by atoms with Gasteiger partial charge in [0.15, 0.2) is 0 Å². The Morgan fingerprint density at radius 2 is 1.90 bits per heavy atom. The molecule has 0 saturated heterocycles. The molecule has 0 atom stereocenters. The minimum atomic E-state index is -4.50. The van der Waals surface area contributed by atoms with Gasteiger partial charge < -0.3 is 15.7 Å². The highest BCUT2D eigenvalue weighted by atomic mass is 19.4. The lowest BCUT2D eigenvalue weighted by molar-refractivity contribution is -0.141. The summed E-state index contributed by atoms with van der Waals surface area (Å²) in [5, 5.41) is 9.85. The maximum absolute atomic E-state index is 12.7. The number of hydrogen-bond acceptors (Lipinski definition) is 4. The van der Waals surface area contributed by atoms with Gasteiger partial charge in [-0.05, 0) is 26.8 Å². The number of hydrogen-bond donors (Lipinski definition) is 2. The van der Waals surface area contributed by atoms with Crippen molar-refractivity contribution >= 4 is 5.82 Å². The summed E-state index contributed by atoms with van der Waals surface area (Å²) in [6.07, 6.45) is -4.50. The summed E-state index contributed by atoms with van der Waals surface area (Å²) in [4.78, 5) is 5.27. The van der Waals surface area contributed by atoms with E-state index in [4.69, 9.17) is 5.73 Å². The lowest BCUT2D eigenvalue weighted by Gasteiger charge is -2.30. The molecule has 1 aromatic rings. The van der Waals surface area contributed by atoms with E-state index >= 15 is 0 Å². The number of rotatable bonds is 5. The van der Waals surface area contributed by atoms with E-state index in [1.54, 1.807) is 25.7 Å². The number of aromatic nitrogens is 1. The third-order valence-electron chi connectivity index (χ3n) is 2.73. The van der Waals surface area contributed by atoms with E-state index in [0.29, 0.717) is 12.1 Å². The second-order valence-electron chi connectivity index (χ2n) is 5.21. The van der Waals surface area contributed by atoms with Crippen LogP contribution in [0.15, 0.2) is 12.1 Å². The van der Waals surface area contributed by atoms with E-state index in [-0.39, 0.29) is 18.9 Å². The smallest absolute Gasteiger partial charge is 0.389 e. The Labute approximate surface area is 116 Å². The topological polar surface area (TPSA) is 62.4 Å². The van der Waals surface area contributed by atoms with Gasteiger partial charge in [0.2, 0.25) is 0 Å². The molecule has 1 aromatic heterocycles. The van der Waals surface area contributed by atoms with E-state index < -0.39 is 17.5 Å². The fourth-order valence-corrected chi connectivity index (χ4v) is 1.87. The molecule has 0 radical (unpaired) electrons. The zero-order valence-electron chi connectivity index (χ0n) is 11.8. The monoisotopic (exact) mass is 291 g/mol. The average Bonchev–Trinajstić information content (AvgIpc) is 2.33. The summed E-state index contributed by atoms with van der Waals surface area (Å²) in [5.74, 6) is 0.173. The first kappa shape index (κ1) is 16.7. The first-order valence-electron chi connectivity index (χ1n) is 6.33. The Kier molecular flexibility index (Phi) is 4.99. The standard InChI is InChI=1S/C13H20F3N3O/c1-4-19(8-12(2,3)20)11-9(7-17)5-6-10(18-11)13(14,15)16/h5-6,20H,4,7-8,17H2,1-3H3. The Morgan fingerprint density at radius 1 is 1.30 bits per heavy atom. The largest absolute Gasteiger partial charge is 0.433 e. The van der Waals surface area contributed by atoms with E-state index in [9.17, 15) is 18.3 Å². The number of nitrogens with two attached hydrogens (primary N) is 1. The predicted molar refractivity (Wildman–Crippen MR) is 71.3 cm³/mol. The lowest BCUT2D eigenvalue weighted by atomic mass is 10.1. The molecule has 0 amide bonds. The van der Waals surface area contributed by atoms with Crippen LogP contribution < -0.4 is 10.6 Å². The van der Waals surface area contributed by atoms with Crippen LogP contribution in [0.25, 0.3) is 0 Å². The van der Waals surface area contributed by atoms with E-state index in [2.05, 4.69) is 4.98 Å². The van der Waals surface area contributed by atoms with Crippen LogP contribution in [0.4, 0.5) is 19.0 Å². The molecule has 114 valence electrons. The summed E-state index contributed by atoms with van der Waals surface area (Å²) in [7, 11) is 0. The van der Waals surface area contributed by atoms with E-state index in [0.717, 1.165) is 6.07 Å². The summed E-state index contributed by atoms with van der Waals surface area (Å²) in [5.41, 5.74) is 4.07. The Balaban J connectivity index is 3.24. The average molecular weight is 291 g/mol. The second-order valence-corrected chi connectivity index (χ2v) is 5.21. The van der Waals surface area contributed by atoms with Crippen LogP contribution in [-0.4, -0.2) is 28.8 Å². The van der Waals surface area contributed by atoms with Gasteiger partial charge >= 0.3 is 6.18 Å². The maximum Gasteiger partial charge on any atom is 0.433 e. The number of pyridine rings is 1. The van der Waals surface area contributed by atoms with Gasteiger partial charge in [-0.2, -0.15) is 13.2 Å². The molecule has 0 aromatic carbocycles. The quantitative estimate of drug-likeness (QED) is 0.872. The fourth-order valence-electron chi connectivity index (χ4n) is 1.87. The maximum atomic E-state index is 12.7. The number of anilines is 1. The molecular weight excluding hydrogens is 271 g/mol. The molecular formula is C13H20F3N3O. The first-order valence-corrected chi connectivity index (χ1v) is 6.33. The molecule has 0 fully saturated rings. The molecule has 0 saturated carbocycles. The zero-order chi connectivity index (χ0) is 15.6. The molecule has 0 aliphatic heterocycles. The lowest BCUT2D eigenvalue weighted by Crippen LogP contribution is -2.39. The Morgan fingerprint density at radius 3 is 2.30 bits per heavy atom. The highest BCUT2D eigenvalue weighted by Gasteiger charge is 2.33. The van der Waals surface area contributed by atoms with Gasteiger partial charge in [-0.1, -0.05) is 6.07 Å². The third-order valence-corrected chi connectivity index (χ3v) is 2.73. The predicted octanol–water partition coefficient (Wildman–Crippen LogP) is 2.16. The molecule has 0 bridgehead atoms. The Bertz CT molecular complexity index is 455. The molecule has 0 aliphatic rings. The van der Waals surface area contributed by atoms with Crippen LogP contribution in [0.2, 0.25) is 0 Å². The van der Waals surface area contributed by atoms with Crippen molar-refractivity contribution in [3.8, 4) is 0 Å². The van der Waals surface area contributed by atoms with Crippen molar-refractivity contribution in [3.63, 3.8) is 0 Å². The van der Waals surface area contributed by atoms with Gasteiger partial charge in [0, 0.05) is 25.2 Å². The molecule has 0 unspecified atom stereocenters. The van der Waals surface area contributed by atoms with Crippen LogP contribution in [0, 0.1) is 0 Å². The number of nitrogens with zero attached hydrogens (tertiary/aromatic N) is 2.